The van der Waals surface area contributed by atoms with Crippen LogP contribution in [0.3, 0.4) is 0 Å². The van der Waals surface area contributed by atoms with Crippen molar-refractivity contribution in [1.82, 2.24) is 20.3 Å². The average Bonchev–Trinajstić information content (AvgIpc) is 3.34. The van der Waals surface area contributed by atoms with E-state index in [0.29, 0.717) is 23.4 Å². The lowest BCUT2D eigenvalue weighted by atomic mass is 10.0. The lowest BCUT2D eigenvalue weighted by molar-refractivity contribution is 0.0735. The van der Waals surface area contributed by atoms with Crippen molar-refractivity contribution in [3.05, 3.63) is 58.9 Å². The van der Waals surface area contributed by atoms with Crippen molar-refractivity contribution in [1.29, 1.82) is 0 Å². The number of hydrogen-bond acceptors (Lipinski definition) is 4. The van der Waals surface area contributed by atoms with Crippen LogP contribution in [0.15, 0.2) is 35.0 Å². The lowest BCUT2D eigenvalue weighted by Gasteiger charge is -2.24. The molecule has 0 bridgehead atoms. The number of aryl methyl sites for hydroxylation is 2. The Balaban J connectivity index is 1.69. The number of halogens is 1. The number of likely N-dealkylation sites (tertiary alicyclic amines) is 1. The van der Waals surface area contributed by atoms with Gasteiger partial charge in [-0.2, -0.15) is 5.10 Å². The molecule has 0 radical (unpaired) electrons. The molecule has 1 aromatic carbocycles. The zero-order valence-electron chi connectivity index (χ0n) is 14.6. The number of carbonyl (C=O) groups is 1. The Morgan fingerprint density at radius 1 is 1.38 bits per heavy atom. The maximum absolute atomic E-state index is 13.6. The molecule has 1 aliphatic rings. The van der Waals surface area contributed by atoms with Gasteiger partial charge in [-0.1, -0.05) is 17.3 Å². The maximum atomic E-state index is 13.6. The van der Waals surface area contributed by atoms with Crippen molar-refractivity contribution in [2.75, 3.05) is 6.54 Å². The molecule has 1 N–H and O–H groups in total. The second-order valence-corrected chi connectivity index (χ2v) is 6.56. The summed E-state index contributed by atoms with van der Waals surface area (Å²) in [5, 5.41) is 10.9. The number of amides is 1. The highest BCUT2D eigenvalue weighted by Crippen LogP contribution is 2.37. The Morgan fingerprint density at radius 2 is 2.23 bits per heavy atom. The number of aromatic amines is 1. The number of rotatable bonds is 3. The van der Waals surface area contributed by atoms with E-state index in [2.05, 4.69) is 15.4 Å². The predicted molar refractivity (Wildman–Crippen MR) is 93.0 cm³/mol. The van der Waals surface area contributed by atoms with Gasteiger partial charge >= 0.3 is 0 Å². The zero-order valence-corrected chi connectivity index (χ0v) is 14.6. The number of nitrogens with one attached hydrogen (secondary N) is 1. The molecule has 1 saturated heterocycles. The molecule has 3 heterocycles. The molecule has 7 heteroatoms. The summed E-state index contributed by atoms with van der Waals surface area (Å²) >= 11 is 0. The highest BCUT2D eigenvalue weighted by Gasteiger charge is 2.35. The van der Waals surface area contributed by atoms with Crippen molar-refractivity contribution in [2.45, 2.75) is 32.7 Å². The van der Waals surface area contributed by atoms with E-state index in [9.17, 15) is 9.18 Å². The van der Waals surface area contributed by atoms with Crippen molar-refractivity contribution in [2.24, 2.45) is 0 Å². The fourth-order valence-corrected chi connectivity index (χ4v) is 3.74. The normalized spacial score (nSPS) is 17.0. The van der Waals surface area contributed by atoms with Gasteiger partial charge in [-0.15, -0.1) is 0 Å². The summed E-state index contributed by atoms with van der Waals surface area (Å²) in [5.41, 5.74) is 3.35. The zero-order chi connectivity index (χ0) is 18.3. The molecular weight excluding hydrogens is 335 g/mol. The highest BCUT2D eigenvalue weighted by molar-refractivity contribution is 6.00. The molecule has 0 spiro atoms. The molecule has 26 heavy (non-hydrogen) atoms. The summed E-state index contributed by atoms with van der Waals surface area (Å²) in [7, 11) is 0. The third-order valence-electron chi connectivity index (χ3n) is 4.92. The van der Waals surface area contributed by atoms with Gasteiger partial charge in [0.15, 0.2) is 0 Å². The van der Waals surface area contributed by atoms with Gasteiger partial charge in [0.25, 0.3) is 5.91 Å². The van der Waals surface area contributed by atoms with Gasteiger partial charge in [0.1, 0.15) is 11.6 Å². The van der Waals surface area contributed by atoms with Gasteiger partial charge in [-0.3, -0.25) is 9.89 Å². The van der Waals surface area contributed by atoms with Crippen LogP contribution in [0.5, 0.6) is 0 Å². The molecule has 0 aliphatic carbocycles. The van der Waals surface area contributed by atoms with Crippen LogP contribution in [0.25, 0.3) is 11.3 Å². The quantitative estimate of drug-likeness (QED) is 0.776. The summed E-state index contributed by atoms with van der Waals surface area (Å²) in [5.74, 6) is 0.260. The molecule has 2 aromatic heterocycles. The van der Waals surface area contributed by atoms with Crippen LogP contribution in [0.1, 0.15) is 46.3 Å². The van der Waals surface area contributed by atoms with E-state index in [0.717, 1.165) is 29.9 Å². The molecule has 1 aliphatic heterocycles. The van der Waals surface area contributed by atoms with Crippen LogP contribution < -0.4 is 0 Å². The van der Waals surface area contributed by atoms with Crippen LogP contribution in [0, 0.1) is 19.7 Å². The molecule has 0 unspecified atom stereocenters. The van der Waals surface area contributed by atoms with Crippen LogP contribution in [0.4, 0.5) is 4.39 Å². The first kappa shape index (κ1) is 16.5. The Bertz CT molecular complexity index is 943. The minimum Gasteiger partial charge on any atom is -0.361 e. The van der Waals surface area contributed by atoms with E-state index < -0.39 is 0 Å². The molecule has 3 aromatic rings. The molecule has 1 atom stereocenters. The van der Waals surface area contributed by atoms with E-state index in [1.54, 1.807) is 12.1 Å². The average molecular weight is 354 g/mol. The number of aromatic nitrogens is 3. The topological polar surface area (TPSA) is 75.0 Å². The second-order valence-electron chi connectivity index (χ2n) is 6.56. The van der Waals surface area contributed by atoms with Crippen LogP contribution in [0.2, 0.25) is 0 Å². The number of nitrogens with zero attached hydrogens (tertiary/aromatic N) is 3. The molecule has 1 amide bonds. The monoisotopic (exact) mass is 354 g/mol. The first-order chi connectivity index (χ1) is 12.6. The second kappa shape index (κ2) is 6.40. The Morgan fingerprint density at radius 3 is 2.96 bits per heavy atom. The van der Waals surface area contributed by atoms with Crippen LogP contribution >= 0.6 is 0 Å². The smallest absolute Gasteiger partial charge is 0.258 e. The molecule has 4 rings (SSSR count). The minimum absolute atomic E-state index is 0.0657. The lowest BCUT2D eigenvalue weighted by Crippen LogP contribution is -2.31. The summed E-state index contributed by atoms with van der Waals surface area (Å²) in [6, 6.07) is 6.06. The van der Waals surface area contributed by atoms with Gasteiger partial charge in [-0.25, -0.2) is 4.39 Å². The van der Waals surface area contributed by atoms with E-state index in [4.69, 9.17) is 4.52 Å². The van der Waals surface area contributed by atoms with Crippen molar-refractivity contribution >= 4 is 5.91 Å². The SMILES string of the molecule is Cc1noc(C)c1[C@H]1CCCN1C(=O)c1cn[nH]c1-c1cccc(F)c1. The molecule has 6 nitrogen and oxygen atoms in total. The summed E-state index contributed by atoms with van der Waals surface area (Å²) in [4.78, 5) is 15.1. The van der Waals surface area contributed by atoms with E-state index in [1.165, 1.54) is 18.3 Å². The highest BCUT2D eigenvalue weighted by atomic mass is 19.1. The third kappa shape index (κ3) is 2.69. The standard InChI is InChI=1S/C19H19FN4O2/c1-11-17(12(2)26-23-11)16-7-4-8-24(16)19(25)15-10-21-22-18(15)13-5-3-6-14(20)9-13/h3,5-6,9-10,16H,4,7-8H2,1-2H3,(H,21,22)/t16-/m1/s1. The molecule has 1 fully saturated rings. The number of carbonyl (C=O) groups excluding carboxylic acids is 1. The molecule has 0 saturated carbocycles. The van der Waals surface area contributed by atoms with E-state index in [1.807, 2.05) is 18.7 Å². The summed E-state index contributed by atoms with van der Waals surface area (Å²) in [6.07, 6.45) is 3.28. The summed E-state index contributed by atoms with van der Waals surface area (Å²) < 4.78 is 18.9. The van der Waals surface area contributed by atoms with Gasteiger partial charge < -0.3 is 9.42 Å². The van der Waals surface area contributed by atoms with Gasteiger partial charge in [0.05, 0.1) is 29.2 Å². The molecular formula is C19H19FN4O2. The van der Waals surface area contributed by atoms with Crippen molar-refractivity contribution in [3.8, 4) is 11.3 Å². The summed E-state index contributed by atoms with van der Waals surface area (Å²) in [6.45, 7) is 4.41. The minimum atomic E-state index is -0.356. The van der Waals surface area contributed by atoms with E-state index >= 15 is 0 Å². The van der Waals surface area contributed by atoms with Gasteiger partial charge in [0.2, 0.25) is 0 Å². The first-order valence-corrected chi connectivity index (χ1v) is 8.59. The first-order valence-electron chi connectivity index (χ1n) is 8.59. The fourth-order valence-electron chi connectivity index (χ4n) is 3.74. The van der Waals surface area contributed by atoms with Gasteiger partial charge in [0, 0.05) is 17.7 Å². The largest absolute Gasteiger partial charge is 0.361 e. The predicted octanol–water partition coefficient (Wildman–Crippen LogP) is 3.80. The van der Waals surface area contributed by atoms with Crippen LogP contribution in [-0.4, -0.2) is 32.7 Å². The van der Waals surface area contributed by atoms with Crippen LogP contribution in [-0.2, 0) is 0 Å². The van der Waals surface area contributed by atoms with Crippen molar-refractivity contribution < 1.29 is 13.7 Å². The Kier molecular flexibility index (Phi) is 4.06. The third-order valence-corrected chi connectivity index (χ3v) is 4.92. The van der Waals surface area contributed by atoms with Crippen molar-refractivity contribution in [3.63, 3.8) is 0 Å². The Hall–Kier alpha value is -2.96. The fraction of sp³-hybridized carbons (Fsp3) is 0.316. The van der Waals surface area contributed by atoms with Gasteiger partial charge in [-0.05, 0) is 38.8 Å². The number of benzene rings is 1. The van der Waals surface area contributed by atoms with E-state index in [-0.39, 0.29) is 17.8 Å². The Labute approximate surface area is 150 Å². The molecule has 134 valence electrons. The number of H-pyrrole nitrogens is 1. The number of hydrogen-bond donors (Lipinski definition) is 1. The maximum Gasteiger partial charge on any atom is 0.258 e.